The molecule has 142 heavy (non-hydrogen) atoms. The van der Waals surface area contributed by atoms with Crippen molar-refractivity contribution in [3.8, 4) is 34.1 Å². The van der Waals surface area contributed by atoms with Gasteiger partial charge < -0.3 is 124 Å². The number of carboxylic acids is 1. The van der Waals surface area contributed by atoms with Crippen molar-refractivity contribution in [3.05, 3.63) is 194 Å². The Morgan fingerprint density at radius 1 is 0.542 bits per heavy atom. The number of aliphatic hydroxyl groups is 9. The van der Waals surface area contributed by atoms with Crippen LogP contribution in [0.15, 0.2) is 154 Å². The Bertz CT molecular complexity index is 6020. The van der Waals surface area contributed by atoms with Crippen LogP contribution in [-0.2, 0) is 49.2 Å². The van der Waals surface area contributed by atoms with Crippen molar-refractivity contribution in [1.29, 1.82) is 0 Å². The van der Waals surface area contributed by atoms with Gasteiger partial charge in [0, 0.05) is 68.3 Å². The molecule has 39 nitrogen and oxygen atoms in total. The molecule has 2 aliphatic carbocycles. The topological polar surface area (TPSA) is 605 Å². The van der Waals surface area contributed by atoms with Gasteiger partial charge in [-0.15, -0.1) is 58.7 Å². The molecular formula is C99H140N16O23P4. The number of carboxylic acid groups (broad SMARTS) is 1. The van der Waals surface area contributed by atoms with Crippen molar-refractivity contribution in [3.63, 3.8) is 0 Å². The zero-order valence-electron chi connectivity index (χ0n) is 81.8. The molecule has 0 bridgehead atoms. The zero-order valence-corrected chi connectivity index (χ0v) is 85.4. The minimum atomic E-state index is -1.38. The molecule has 4 fully saturated rings. The number of hydrogen-bond donors (Lipinski definition) is 17. The molecule has 1 amide bonds. The summed E-state index contributed by atoms with van der Waals surface area (Å²) in [5, 5.41) is 107. The van der Waals surface area contributed by atoms with E-state index in [1.54, 1.807) is 40.9 Å². The van der Waals surface area contributed by atoms with E-state index in [-0.39, 0.29) is 74.1 Å². The lowest BCUT2D eigenvalue weighted by Gasteiger charge is -2.34. The second-order valence-electron chi connectivity index (χ2n) is 39.1. The number of carbonyl (C=O) groups excluding carboxylic acids is 3. The molecule has 43 heteroatoms. The normalized spacial score (nSPS) is 24.7. The highest BCUT2D eigenvalue weighted by atomic mass is 31.2. The first-order valence-electron chi connectivity index (χ1n) is 47.2. The van der Waals surface area contributed by atoms with Crippen molar-refractivity contribution in [2.75, 3.05) is 128 Å². The average Bonchev–Trinajstić information content (AvgIpc) is 1.60. The predicted molar refractivity (Wildman–Crippen MR) is 557 cm³/mol. The fourth-order valence-electron chi connectivity index (χ4n) is 17.4. The largest absolute Gasteiger partial charge is 0.516 e. The number of hydrogen-bond acceptors (Lipinski definition) is 32. The van der Waals surface area contributed by atoms with Gasteiger partial charge in [-0.05, 0) is 206 Å². The van der Waals surface area contributed by atoms with Gasteiger partial charge in [0.25, 0.3) is 0 Å². The average molecular weight is 2050 g/mol. The van der Waals surface area contributed by atoms with Crippen LogP contribution in [0.3, 0.4) is 0 Å². The number of nitrogen functional groups attached to an aromatic ring is 3. The SMILES string of the molecule is C=P(C)(C)CC[C@H]1O[C@@H](N2C=CC(N)NC2=NCCCCC(NC(=O)OCC2c3ccccc3-c3ccccc32)C(=O)OC(=O)OCC2c3ccccc3-c3ccccc32)[C@H](O)[C@@H]1O.C=P(C)(C)CC[C@H]1O[C@@H](n2cc(C#CC)c(N)nc2=O)[C@H](O)[C@@H]1O.C=P(C)(C)CC[C@H]1O[C@@H](n2cc(CCO)c(N)nc2=O)[C@H](O)[C@@H]1O.C=P(C)(C)CC[C@H]1O[C@@H](n2ccc(N)nc2=NCCCCC(N)C(=O)O)[C@H](O)[C@@H]1O. The number of aromatic nitrogens is 6. The van der Waals surface area contributed by atoms with Crippen LogP contribution in [0.5, 0.6) is 0 Å². The maximum absolute atomic E-state index is 13.7. The van der Waals surface area contributed by atoms with Gasteiger partial charge in [-0.2, -0.15) is 15.0 Å². The summed E-state index contributed by atoms with van der Waals surface area (Å²) in [7, 11) is 0. The fraction of sp³-hybridized carbons (Fsp3) is 0.505. The number of aliphatic imine (C=N–C) groups is 1. The smallest absolute Gasteiger partial charge is 0.480 e. The number of rotatable bonds is 35. The Morgan fingerprint density at radius 3 is 1.39 bits per heavy atom. The number of nitrogens with two attached hydrogens (primary N) is 5. The Hall–Kier alpha value is -10.2. The molecule has 4 aromatic carbocycles. The molecule has 4 saturated heterocycles. The molecule has 7 aromatic rings. The number of guanidine groups is 1. The second-order valence-corrected chi connectivity index (χ2v) is 56.4. The minimum absolute atomic E-state index is 0.0257. The number of esters is 1. The summed E-state index contributed by atoms with van der Waals surface area (Å²) >= 11 is 0. The van der Waals surface area contributed by atoms with Gasteiger partial charge in [0.1, 0.15) is 91.6 Å². The third kappa shape index (κ3) is 30.0. The van der Waals surface area contributed by atoms with Crippen molar-refractivity contribution < 1.29 is 103 Å². The highest BCUT2D eigenvalue weighted by molar-refractivity contribution is 7.73. The molecule has 22 N–H and O–H groups in total. The summed E-state index contributed by atoms with van der Waals surface area (Å²) in [6.07, 6.45) is 15.1. The van der Waals surface area contributed by atoms with Gasteiger partial charge in [0.05, 0.1) is 36.1 Å². The molecule has 7 aliphatic rings. The summed E-state index contributed by atoms with van der Waals surface area (Å²) in [6.45, 7) is 13.7. The van der Waals surface area contributed by atoms with Crippen LogP contribution in [0.2, 0.25) is 0 Å². The van der Waals surface area contributed by atoms with E-state index in [1.807, 2.05) is 97.1 Å². The van der Waals surface area contributed by atoms with Crippen LogP contribution >= 0.6 is 27.5 Å². The van der Waals surface area contributed by atoms with Gasteiger partial charge in [0.2, 0.25) is 11.6 Å². The van der Waals surface area contributed by atoms with Crippen molar-refractivity contribution in [2.24, 2.45) is 21.5 Å². The number of alkyl carbamates (subject to hydrolysis) is 1. The van der Waals surface area contributed by atoms with Crippen molar-refractivity contribution in [2.45, 2.75) is 206 Å². The molecule has 774 valence electrons. The molecule has 14 rings (SSSR count). The number of unbranched alkanes of at least 4 members (excludes halogenated alkanes) is 2. The molecule has 8 heterocycles. The van der Waals surface area contributed by atoms with E-state index in [2.05, 4.69) is 121 Å². The molecule has 3 aromatic heterocycles. The molecule has 19 atom stereocenters. The van der Waals surface area contributed by atoms with Gasteiger partial charge >= 0.3 is 35.6 Å². The highest BCUT2D eigenvalue weighted by Gasteiger charge is 2.49. The van der Waals surface area contributed by atoms with Crippen molar-refractivity contribution in [1.82, 2.24) is 44.2 Å². The number of benzene rings is 4. The third-order valence-corrected chi connectivity index (χ3v) is 31.0. The fourth-order valence-corrected chi connectivity index (χ4v) is 21.3. The quantitative estimate of drug-likeness (QED) is 0.00832. The van der Waals surface area contributed by atoms with Crippen LogP contribution in [-0.4, -0.2) is 349 Å². The summed E-state index contributed by atoms with van der Waals surface area (Å²) in [5.74, 6) is 3.66. The van der Waals surface area contributed by atoms with E-state index < -0.39 is 180 Å². The Balaban J connectivity index is 0.000000204. The number of ether oxygens (including phenoxy) is 7. The van der Waals surface area contributed by atoms with Crippen molar-refractivity contribution >= 4 is 100 Å². The van der Waals surface area contributed by atoms with E-state index in [1.165, 1.54) is 12.4 Å². The number of nitrogens with zero attached hydrogens (tertiary/aromatic N) is 9. The standard InChI is InChI=1S/C49H56N5O9P.C19H34N5O5P.C16H24N3O4P.C15H26N3O5P/c1-64(2,3)27-24-41-43(55)44(56)45(62-41)54-26-23-42(50)53-47(54)51-25-13-12-22-40(52-48(58)60-28-38-34-18-8-4-14-30(34)31-15-5-9-19-35(31)38)46(57)63-49(59)61-29-39-36-20-10-6-16-32(36)33-17-7-11-21-37(33)39;1-30(2,3)11-8-13-15(25)16(26)17(29-13)24-10-7-14(21)23-19(24)22-9-5-4-6-12(20)18(27)28;1-5-6-10-9-19(16(22)18-14(10)17)15-13(21)12(20)11(23-15)7-8-24(2,3)4;1-24(2,3)7-5-10-11(20)12(21)14(23-10)18-8-9(4-6-19)13(16)17-15(18)22/h4-11,14-21,23,26,38-45,55-56H,1,12-13,22,24-25,27-29,50H2,2-3H3,(H,51,53)(H,52,58);7,10,12-13,15-17,25-26H,1,4-6,8-9,11,20H2,2-3H3,(H,27,28)(H2,21,22,23);9,11-13,15,20-21H,2,7-8H2,1,3-4H3,(H2,17,18,22);8,10-12,14,19-21H,1,4-7H2,2-3H3,(H2,16,17,22)/t40?,41-,42?,43-,44-,45-;12?,13-,15-,16-,17-;11-,12-,13-,15-;10-,11-,12-,14-/m1111/s1. The van der Waals surface area contributed by atoms with Crippen LogP contribution in [0.25, 0.3) is 22.3 Å². The summed E-state index contributed by atoms with van der Waals surface area (Å²) in [4.78, 5) is 97.6. The first-order chi connectivity index (χ1) is 67.1. The Morgan fingerprint density at radius 2 is 0.951 bits per heavy atom. The van der Waals surface area contributed by atoms with Crippen LogP contribution in [0.1, 0.15) is 135 Å². The molecule has 5 aliphatic heterocycles. The number of nitrogens with one attached hydrogen (secondary N) is 2. The monoisotopic (exact) mass is 2040 g/mol. The number of carbonyl (C=O) groups is 4. The molecule has 0 radical (unpaired) electrons. The van der Waals surface area contributed by atoms with E-state index in [0.29, 0.717) is 81.4 Å². The Kier molecular flexibility index (Phi) is 39.5. The maximum atomic E-state index is 13.7. The number of amides is 1. The lowest BCUT2D eigenvalue weighted by Crippen LogP contribution is -2.56. The van der Waals surface area contributed by atoms with Gasteiger partial charge in [-0.25, -0.2) is 24.0 Å². The summed E-state index contributed by atoms with van der Waals surface area (Å²) in [5.41, 5.74) is 37.0. The van der Waals surface area contributed by atoms with E-state index in [9.17, 15) is 69.6 Å². The molecule has 3 unspecified atom stereocenters. The number of aliphatic carboxylic acids is 1. The van der Waals surface area contributed by atoms with Crippen LogP contribution < -0.4 is 56.3 Å². The van der Waals surface area contributed by atoms with Gasteiger partial charge in [-0.1, -0.05) is 103 Å². The van der Waals surface area contributed by atoms with Crippen LogP contribution in [0.4, 0.5) is 27.0 Å². The second kappa shape index (κ2) is 50.0. The zero-order chi connectivity index (χ0) is 104. The van der Waals surface area contributed by atoms with E-state index in [0.717, 1.165) is 78.3 Å². The lowest BCUT2D eigenvalue weighted by atomic mass is 9.98. The van der Waals surface area contributed by atoms with Gasteiger partial charge in [-0.3, -0.25) is 33.4 Å². The summed E-state index contributed by atoms with van der Waals surface area (Å²) < 4.78 is 44.0. The van der Waals surface area contributed by atoms with Gasteiger partial charge in [0.15, 0.2) is 24.9 Å². The van der Waals surface area contributed by atoms with E-state index >= 15 is 0 Å². The highest BCUT2D eigenvalue weighted by Crippen LogP contribution is 2.48. The minimum Gasteiger partial charge on any atom is -0.480 e. The van der Waals surface area contributed by atoms with E-state index in [4.69, 9.17) is 77.0 Å². The number of fused-ring (bicyclic) bond motifs is 6. The first kappa shape index (κ1) is 112. The molecule has 0 spiro atoms. The number of aliphatic hydroxyl groups excluding tert-OH is 9. The third-order valence-electron chi connectivity index (χ3n) is 25.2. The lowest BCUT2D eigenvalue weighted by molar-refractivity contribution is -0.142. The first-order valence-corrected chi connectivity index (χ1v) is 59.5. The Labute approximate surface area is 826 Å². The maximum Gasteiger partial charge on any atom is 0.516 e. The molecular weight excluding hydrogens is 1910 g/mol. The molecule has 0 saturated carbocycles. The summed E-state index contributed by atoms with van der Waals surface area (Å²) in [6, 6.07) is 31.2. The van der Waals surface area contributed by atoms with Crippen LogP contribution in [0, 0.1) is 11.8 Å². The predicted octanol–water partition coefficient (Wildman–Crippen LogP) is 4.82. The number of anilines is 3.